The predicted octanol–water partition coefficient (Wildman–Crippen LogP) is 4.14. The molecule has 104 valence electrons. The number of benzene rings is 2. The normalized spacial score (nSPS) is 21.2. The molecule has 2 unspecified atom stereocenters. The molecule has 0 spiro atoms. The monoisotopic (exact) mass is 295 g/mol. The van der Waals surface area contributed by atoms with Gasteiger partial charge in [-0.3, -0.25) is 0 Å². The molecule has 2 N–H and O–H groups in total. The molecule has 0 aliphatic carbocycles. The fraction of sp³-hybridized carbons (Fsp3) is 0.200. The number of hydrogen-bond acceptors (Lipinski definition) is 2. The minimum Gasteiger partial charge on any atom is -0.485 e. The molecule has 2 atom stereocenters. The maximum absolute atomic E-state index is 13.8. The van der Waals surface area contributed by atoms with Gasteiger partial charge in [0.25, 0.3) is 0 Å². The molecule has 20 heavy (non-hydrogen) atoms. The van der Waals surface area contributed by atoms with Crippen molar-refractivity contribution in [3.8, 4) is 5.75 Å². The van der Waals surface area contributed by atoms with Crippen molar-refractivity contribution in [2.75, 3.05) is 0 Å². The van der Waals surface area contributed by atoms with Gasteiger partial charge in [-0.1, -0.05) is 11.6 Å². The second-order valence-electron chi connectivity index (χ2n) is 4.80. The lowest BCUT2D eigenvalue weighted by molar-refractivity contribution is 0.157. The average molecular weight is 296 g/mol. The molecule has 2 aromatic carbocycles. The average Bonchev–Trinajstić information content (AvgIpc) is 2.39. The molecule has 2 aromatic rings. The van der Waals surface area contributed by atoms with Gasteiger partial charge in [0.15, 0.2) is 0 Å². The molecular formula is C15H12ClF2NO. The fourth-order valence-electron chi connectivity index (χ4n) is 2.43. The van der Waals surface area contributed by atoms with E-state index in [2.05, 4.69) is 0 Å². The number of hydrogen-bond donors (Lipinski definition) is 1. The summed E-state index contributed by atoms with van der Waals surface area (Å²) in [7, 11) is 0. The van der Waals surface area contributed by atoms with Gasteiger partial charge >= 0.3 is 0 Å². The third-order valence-corrected chi connectivity index (χ3v) is 3.65. The van der Waals surface area contributed by atoms with E-state index in [0.717, 1.165) is 11.6 Å². The zero-order valence-corrected chi connectivity index (χ0v) is 11.2. The molecule has 0 aromatic heterocycles. The highest BCUT2D eigenvalue weighted by atomic mass is 35.5. The highest BCUT2D eigenvalue weighted by molar-refractivity contribution is 6.30. The van der Waals surface area contributed by atoms with Gasteiger partial charge in [0, 0.05) is 34.7 Å². The zero-order valence-electron chi connectivity index (χ0n) is 10.4. The summed E-state index contributed by atoms with van der Waals surface area (Å²) in [6.07, 6.45) is -0.116. The summed E-state index contributed by atoms with van der Waals surface area (Å²) in [5, 5.41) is 0.578. The van der Waals surface area contributed by atoms with Gasteiger partial charge in [0.2, 0.25) is 0 Å². The van der Waals surface area contributed by atoms with Gasteiger partial charge in [-0.2, -0.15) is 0 Å². The van der Waals surface area contributed by atoms with Crippen LogP contribution >= 0.6 is 11.6 Å². The molecule has 0 radical (unpaired) electrons. The second kappa shape index (κ2) is 5.04. The lowest BCUT2D eigenvalue weighted by atomic mass is 9.93. The molecule has 0 fully saturated rings. The molecule has 0 bridgehead atoms. The Morgan fingerprint density at radius 2 is 1.90 bits per heavy atom. The Kier molecular flexibility index (Phi) is 3.36. The first-order valence-corrected chi connectivity index (χ1v) is 6.59. The molecular weight excluding hydrogens is 284 g/mol. The Balaban J connectivity index is 1.97. The van der Waals surface area contributed by atoms with Crippen LogP contribution in [0.1, 0.15) is 29.7 Å². The molecule has 1 aliphatic heterocycles. The predicted molar refractivity (Wildman–Crippen MR) is 72.7 cm³/mol. The van der Waals surface area contributed by atoms with E-state index in [1.807, 2.05) is 0 Å². The van der Waals surface area contributed by atoms with E-state index < -0.39 is 17.7 Å². The van der Waals surface area contributed by atoms with Crippen LogP contribution in [0.3, 0.4) is 0 Å². The Morgan fingerprint density at radius 1 is 1.10 bits per heavy atom. The van der Waals surface area contributed by atoms with Gasteiger partial charge in [-0.15, -0.1) is 0 Å². The molecule has 2 nitrogen and oxygen atoms in total. The maximum Gasteiger partial charge on any atom is 0.133 e. The summed E-state index contributed by atoms with van der Waals surface area (Å²) in [5.41, 5.74) is 7.20. The van der Waals surface area contributed by atoms with E-state index in [4.69, 9.17) is 22.1 Å². The lowest BCUT2D eigenvalue weighted by Crippen LogP contribution is -2.24. The number of ether oxygens (including phenoxy) is 1. The van der Waals surface area contributed by atoms with Gasteiger partial charge in [0.05, 0.1) is 0 Å². The topological polar surface area (TPSA) is 35.2 Å². The van der Waals surface area contributed by atoms with E-state index in [1.54, 1.807) is 18.2 Å². The first-order valence-electron chi connectivity index (χ1n) is 6.21. The van der Waals surface area contributed by atoms with E-state index >= 15 is 0 Å². The number of rotatable bonds is 1. The van der Waals surface area contributed by atoms with E-state index in [-0.39, 0.29) is 6.04 Å². The minimum atomic E-state index is -0.625. The summed E-state index contributed by atoms with van der Waals surface area (Å²) < 4.78 is 32.5. The van der Waals surface area contributed by atoms with Crippen LogP contribution < -0.4 is 10.5 Å². The van der Waals surface area contributed by atoms with Crippen LogP contribution in [0.2, 0.25) is 5.02 Å². The maximum atomic E-state index is 13.8. The highest BCUT2D eigenvalue weighted by Crippen LogP contribution is 2.41. The molecule has 0 amide bonds. The molecule has 5 heteroatoms. The second-order valence-corrected chi connectivity index (χ2v) is 5.23. The van der Waals surface area contributed by atoms with Gasteiger partial charge in [-0.25, -0.2) is 8.78 Å². The van der Waals surface area contributed by atoms with Crippen LogP contribution in [0.15, 0.2) is 36.4 Å². The third-order valence-electron chi connectivity index (χ3n) is 3.42. The number of nitrogens with two attached hydrogens (primary N) is 1. The van der Waals surface area contributed by atoms with Crippen LogP contribution in [0.4, 0.5) is 8.78 Å². The van der Waals surface area contributed by atoms with Crippen LogP contribution in [-0.4, -0.2) is 0 Å². The SMILES string of the molecule is NC1CC(c2ccc(F)cc2F)Oc2ccc(Cl)cc21. The van der Waals surface area contributed by atoms with Gasteiger partial charge in [-0.05, 0) is 30.3 Å². The Morgan fingerprint density at radius 3 is 2.65 bits per heavy atom. The summed E-state index contributed by atoms with van der Waals surface area (Å²) in [6, 6.07) is 8.31. The lowest BCUT2D eigenvalue weighted by Gasteiger charge is -2.30. The van der Waals surface area contributed by atoms with Crippen molar-refractivity contribution in [1.82, 2.24) is 0 Å². The van der Waals surface area contributed by atoms with E-state index in [0.29, 0.717) is 22.8 Å². The summed E-state index contributed by atoms with van der Waals surface area (Å²) in [5.74, 6) is -0.653. The number of halogens is 3. The van der Waals surface area contributed by atoms with Crippen molar-refractivity contribution in [3.63, 3.8) is 0 Å². The Hall–Kier alpha value is -1.65. The molecule has 3 rings (SSSR count). The van der Waals surface area contributed by atoms with Crippen molar-refractivity contribution in [2.24, 2.45) is 5.73 Å². The smallest absolute Gasteiger partial charge is 0.133 e. The van der Waals surface area contributed by atoms with E-state index in [9.17, 15) is 8.78 Å². The van der Waals surface area contributed by atoms with Crippen molar-refractivity contribution in [1.29, 1.82) is 0 Å². The van der Waals surface area contributed by atoms with Gasteiger partial charge in [0.1, 0.15) is 23.5 Å². The Bertz CT molecular complexity index is 662. The Labute approximate surface area is 120 Å². The van der Waals surface area contributed by atoms with Crippen molar-refractivity contribution < 1.29 is 13.5 Å². The minimum absolute atomic E-state index is 0.299. The summed E-state index contributed by atoms with van der Waals surface area (Å²) in [6.45, 7) is 0. The van der Waals surface area contributed by atoms with Crippen LogP contribution in [0, 0.1) is 11.6 Å². The first-order chi connectivity index (χ1) is 9.54. The summed E-state index contributed by atoms with van der Waals surface area (Å²) >= 11 is 5.93. The third kappa shape index (κ3) is 2.37. The summed E-state index contributed by atoms with van der Waals surface area (Å²) in [4.78, 5) is 0. The fourth-order valence-corrected chi connectivity index (χ4v) is 2.61. The molecule has 1 heterocycles. The highest BCUT2D eigenvalue weighted by Gasteiger charge is 2.29. The van der Waals surface area contributed by atoms with Crippen LogP contribution in [0.25, 0.3) is 0 Å². The van der Waals surface area contributed by atoms with Crippen molar-refractivity contribution >= 4 is 11.6 Å². The van der Waals surface area contributed by atoms with Crippen molar-refractivity contribution in [2.45, 2.75) is 18.6 Å². The molecule has 1 aliphatic rings. The van der Waals surface area contributed by atoms with Gasteiger partial charge < -0.3 is 10.5 Å². The molecule has 0 saturated heterocycles. The van der Waals surface area contributed by atoms with Crippen molar-refractivity contribution in [3.05, 3.63) is 64.2 Å². The quantitative estimate of drug-likeness (QED) is 0.858. The standard InChI is InChI=1S/C15H12ClF2NO/c16-8-1-4-14-11(5-8)13(19)7-15(20-14)10-3-2-9(17)6-12(10)18/h1-6,13,15H,7,19H2. The largest absolute Gasteiger partial charge is 0.485 e. The first kappa shape index (κ1) is 13.3. The van der Waals surface area contributed by atoms with Crippen LogP contribution in [-0.2, 0) is 0 Å². The zero-order chi connectivity index (χ0) is 14.3. The molecule has 0 saturated carbocycles. The van der Waals surface area contributed by atoms with E-state index in [1.165, 1.54) is 12.1 Å². The van der Waals surface area contributed by atoms with Crippen LogP contribution in [0.5, 0.6) is 5.75 Å². The number of fused-ring (bicyclic) bond motifs is 1.